The minimum absolute atomic E-state index is 0.00264. The second-order valence-corrected chi connectivity index (χ2v) is 4.68. The molecule has 2 aliphatic rings. The lowest BCUT2D eigenvalue weighted by molar-refractivity contribution is -0.161. The van der Waals surface area contributed by atoms with Gasteiger partial charge in [0.15, 0.2) is 0 Å². The number of aliphatic hydroxyl groups excluding tert-OH is 1. The summed E-state index contributed by atoms with van der Waals surface area (Å²) < 4.78 is 5.06. The molecule has 0 bridgehead atoms. The Morgan fingerprint density at radius 2 is 2.32 bits per heavy atom. The fraction of sp³-hybridized carbons (Fsp3) is 0.538. The van der Waals surface area contributed by atoms with E-state index in [1.54, 1.807) is 13.0 Å². The van der Waals surface area contributed by atoms with Crippen molar-refractivity contribution >= 4 is 11.9 Å². The van der Waals surface area contributed by atoms with Crippen LogP contribution in [-0.2, 0) is 14.3 Å². The molecule has 0 unspecified atom stereocenters. The highest BCUT2D eigenvalue weighted by Crippen LogP contribution is 2.43. The molecule has 0 aromatic heterocycles. The summed E-state index contributed by atoms with van der Waals surface area (Å²) in [6.07, 6.45) is 2.69. The predicted molar refractivity (Wildman–Crippen MR) is 65.8 cm³/mol. The number of allylic oxidation sites excluding steroid dienone is 1. The standard InChI is InChI=1S/C13H17NO5/c1-3-19-5-4-8-6-9-10(7(2)15)12(16)14(9)11(8)13(17)18/h4-5,7,9-10,15H,3,6H2,1-2H3,(H,17,18)/t7-,9-,10-/m1/s1. The van der Waals surface area contributed by atoms with Crippen molar-refractivity contribution in [3.63, 3.8) is 0 Å². The lowest BCUT2D eigenvalue weighted by Crippen LogP contribution is -2.61. The maximum Gasteiger partial charge on any atom is 0.352 e. The van der Waals surface area contributed by atoms with Gasteiger partial charge in [0, 0.05) is 0 Å². The number of ether oxygens (including phenoxy) is 1. The molecule has 0 aromatic rings. The van der Waals surface area contributed by atoms with E-state index in [4.69, 9.17) is 4.74 Å². The number of carboxylic acid groups (broad SMARTS) is 1. The van der Waals surface area contributed by atoms with E-state index in [0.717, 1.165) is 0 Å². The van der Waals surface area contributed by atoms with Crippen LogP contribution in [0.5, 0.6) is 0 Å². The van der Waals surface area contributed by atoms with Crippen LogP contribution in [0.3, 0.4) is 0 Å². The molecule has 0 radical (unpaired) electrons. The van der Waals surface area contributed by atoms with Crippen molar-refractivity contribution in [3.8, 4) is 0 Å². The van der Waals surface area contributed by atoms with Crippen LogP contribution in [0.25, 0.3) is 0 Å². The van der Waals surface area contributed by atoms with Crippen molar-refractivity contribution in [1.29, 1.82) is 0 Å². The van der Waals surface area contributed by atoms with Crippen LogP contribution in [-0.4, -0.2) is 45.7 Å². The molecule has 2 heterocycles. The van der Waals surface area contributed by atoms with Crippen molar-refractivity contribution in [2.24, 2.45) is 5.92 Å². The molecule has 6 nitrogen and oxygen atoms in total. The molecule has 1 amide bonds. The number of carbonyl (C=O) groups is 2. The van der Waals surface area contributed by atoms with Gasteiger partial charge in [0.1, 0.15) is 5.70 Å². The van der Waals surface area contributed by atoms with E-state index in [2.05, 4.69) is 0 Å². The van der Waals surface area contributed by atoms with Crippen molar-refractivity contribution in [3.05, 3.63) is 23.6 Å². The Kier molecular flexibility index (Phi) is 3.61. The molecule has 2 rings (SSSR count). The molecule has 0 saturated carbocycles. The normalized spacial score (nSPS) is 27.5. The molecular formula is C13H17NO5. The van der Waals surface area contributed by atoms with Gasteiger partial charge in [-0.25, -0.2) is 4.79 Å². The summed E-state index contributed by atoms with van der Waals surface area (Å²) >= 11 is 0. The Morgan fingerprint density at radius 1 is 1.63 bits per heavy atom. The van der Waals surface area contributed by atoms with Crippen LogP contribution in [0.4, 0.5) is 0 Å². The van der Waals surface area contributed by atoms with Gasteiger partial charge in [0.05, 0.1) is 30.9 Å². The van der Waals surface area contributed by atoms with Gasteiger partial charge in [-0.2, -0.15) is 0 Å². The highest BCUT2D eigenvalue weighted by molar-refractivity contribution is 6.00. The third kappa shape index (κ3) is 2.12. The van der Waals surface area contributed by atoms with Crippen LogP contribution in [0.15, 0.2) is 23.6 Å². The largest absolute Gasteiger partial charge is 0.501 e. The second kappa shape index (κ2) is 5.05. The number of hydrogen-bond donors (Lipinski definition) is 2. The van der Waals surface area contributed by atoms with Gasteiger partial charge in [-0.05, 0) is 31.9 Å². The molecule has 3 atom stereocenters. The first-order valence-corrected chi connectivity index (χ1v) is 6.24. The van der Waals surface area contributed by atoms with Gasteiger partial charge in [0.2, 0.25) is 5.91 Å². The maximum absolute atomic E-state index is 11.9. The minimum atomic E-state index is -1.13. The number of nitrogens with zero attached hydrogens (tertiary/aromatic N) is 1. The summed E-state index contributed by atoms with van der Waals surface area (Å²) in [5.41, 5.74) is 0.560. The smallest absolute Gasteiger partial charge is 0.352 e. The molecule has 2 N–H and O–H groups in total. The van der Waals surface area contributed by atoms with Gasteiger partial charge < -0.3 is 19.8 Å². The summed E-state index contributed by atoms with van der Waals surface area (Å²) in [6.45, 7) is 3.87. The molecule has 0 aromatic carbocycles. The number of hydrogen-bond acceptors (Lipinski definition) is 4. The Labute approximate surface area is 111 Å². The minimum Gasteiger partial charge on any atom is -0.501 e. The summed E-state index contributed by atoms with van der Waals surface area (Å²) in [5.74, 6) is -1.96. The number of carboxylic acids is 1. The van der Waals surface area contributed by atoms with Crippen molar-refractivity contribution < 1.29 is 24.5 Å². The number of amides is 1. The van der Waals surface area contributed by atoms with Gasteiger partial charge in [-0.1, -0.05) is 0 Å². The quantitative estimate of drug-likeness (QED) is 0.559. The first kappa shape index (κ1) is 13.6. The SMILES string of the molecule is CCOC=CC1=C(C(=O)O)N2C(=O)[C@H]([C@@H](C)O)[C@H]2C1. The van der Waals surface area contributed by atoms with E-state index in [1.165, 1.54) is 11.2 Å². The second-order valence-electron chi connectivity index (χ2n) is 4.68. The summed E-state index contributed by atoms with van der Waals surface area (Å²) in [6, 6.07) is -0.250. The number of aliphatic carboxylic acids is 1. The zero-order valence-corrected chi connectivity index (χ0v) is 10.9. The summed E-state index contributed by atoms with van der Waals surface area (Å²) in [7, 11) is 0. The van der Waals surface area contributed by atoms with E-state index < -0.39 is 18.0 Å². The number of fused-ring (bicyclic) bond motifs is 1. The lowest BCUT2D eigenvalue weighted by atomic mass is 9.83. The van der Waals surface area contributed by atoms with E-state index in [9.17, 15) is 19.8 Å². The number of carbonyl (C=O) groups excluding carboxylic acids is 1. The first-order chi connectivity index (χ1) is 8.99. The average molecular weight is 267 g/mol. The van der Waals surface area contributed by atoms with Crippen molar-refractivity contribution in [2.75, 3.05) is 6.61 Å². The molecule has 1 saturated heterocycles. The Bertz CT molecular complexity index is 466. The first-order valence-electron chi connectivity index (χ1n) is 6.24. The van der Waals surface area contributed by atoms with Crippen molar-refractivity contribution in [1.82, 2.24) is 4.90 Å². The molecule has 0 aliphatic carbocycles. The maximum atomic E-state index is 11.9. The Hall–Kier alpha value is -1.82. The van der Waals surface area contributed by atoms with Crippen LogP contribution >= 0.6 is 0 Å². The molecule has 2 aliphatic heterocycles. The number of rotatable bonds is 5. The van der Waals surface area contributed by atoms with Gasteiger partial charge in [0.25, 0.3) is 0 Å². The van der Waals surface area contributed by atoms with E-state index in [0.29, 0.717) is 18.6 Å². The molecule has 0 spiro atoms. The highest BCUT2D eigenvalue weighted by atomic mass is 16.5. The van der Waals surface area contributed by atoms with E-state index in [1.807, 2.05) is 6.92 Å². The zero-order chi connectivity index (χ0) is 14.2. The Morgan fingerprint density at radius 3 is 2.84 bits per heavy atom. The fourth-order valence-electron chi connectivity index (χ4n) is 2.68. The fourth-order valence-corrected chi connectivity index (χ4v) is 2.68. The van der Waals surface area contributed by atoms with Crippen LogP contribution in [0.2, 0.25) is 0 Å². The zero-order valence-electron chi connectivity index (χ0n) is 10.9. The van der Waals surface area contributed by atoms with Gasteiger partial charge >= 0.3 is 5.97 Å². The lowest BCUT2D eigenvalue weighted by Gasteiger charge is -2.44. The van der Waals surface area contributed by atoms with E-state index >= 15 is 0 Å². The molecule has 1 fully saturated rings. The average Bonchev–Trinajstić information content (AvgIpc) is 2.64. The molecular weight excluding hydrogens is 250 g/mol. The topological polar surface area (TPSA) is 87.1 Å². The number of β-lactam (4-membered cyclic amide) rings is 1. The molecule has 6 heteroatoms. The summed E-state index contributed by atoms with van der Waals surface area (Å²) in [4.78, 5) is 24.4. The third-order valence-electron chi connectivity index (χ3n) is 3.50. The highest BCUT2D eigenvalue weighted by Gasteiger charge is 2.56. The van der Waals surface area contributed by atoms with Crippen LogP contribution in [0, 0.1) is 5.92 Å². The third-order valence-corrected chi connectivity index (χ3v) is 3.50. The monoisotopic (exact) mass is 267 g/mol. The van der Waals surface area contributed by atoms with Gasteiger partial charge in [-0.3, -0.25) is 4.79 Å². The predicted octanol–water partition coefficient (Wildman–Crippen LogP) is 0.487. The molecule has 104 valence electrons. The molecule has 19 heavy (non-hydrogen) atoms. The van der Waals surface area contributed by atoms with Crippen molar-refractivity contribution in [2.45, 2.75) is 32.4 Å². The van der Waals surface area contributed by atoms with Crippen LogP contribution < -0.4 is 0 Å². The van der Waals surface area contributed by atoms with Gasteiger partial charge in [-0.15, -0.1) is 0 Å². The number of aliphatic hydroxyl groups is 1. The van der Waals surface area contributed by atoms with Crippen LogP contribution in [0.1, 0.15) is 20.3 Å². The van der Waals surface area contributed by atoms with E-state index in [-0.39, 0.29) is 17.6 Å². The summed E-state index contributed by atoms with van der Waals surface area (Å²) in [5, 5.41) is 18.8. The Balaban J connectivity index is 2.24.